The number of rotatable bonds is 5. The number of halogens is 7. The van der Waals surface area contributed by atoms with Crippen LogP contribution in [0.5, 0.6) is 0 Å². The molecule has 0 unspecified atom stereocenters. The van der Waals surface area contributed by atoms with Crippen molar-refractivity contribution in [2.75, 3.05) is 5.32 Å². The number of aromatic nitrogens is 2. The molecular formula is C19H11ClF6N4O3. The second kappa shape index (κ2) is 8.73. The maximum absolute atomic E-state index is 13.3. The Bertz CT molecular complexity index is 1260. The zero-order valence-electron chi connectivity index (χ0n) is 16.0. The van der Waals surface area contributed by atoms with Crippen LogP contribution in [-0.4, -0.2) is 14.5 Å². The van der Waals surface area contributed by atoms with Crippen LogP contribution in [0, 0.1) is 10.1 Å². The van der Waals surface area contributed by atoms with Crippen LogP contribution in [0.25, 0.3) is 0 Å². The summed E-state index contributed by atoms with van der Waals surface area (Å²) in [6.45, 7) is -0.332. The maximum Gasteiger partial charge on any atom is 0.435 e. The predicted octanol–water partition coefficient (Wildman–Crippen LogP) is 5.63. The Hall–Kier alpha value is -3.61. The molecule has 2 aromatic carbocycles. The molecule has 0 aliphatic heterocycles. The van der Waals surface area contributed by atoms with E-state index in [1.165, 1.54) is 0 Å². The fraction of sp³-hybridized carbons (Fsp3) is 0.158. The highest BCUT2D eigenvalue weighted by Crippen LogP contribution is 2.37. The maximum atomic E-state index is 13.3. The van der Waals surface area contributed by atoms with E-state index in [1.54, 1.807) is 30.3 Å². The van der Waals surface area contributed by atoms with Crippen molar-refractivity contribution in [2.45, 2.75) is 18.9 Å². The number of hydrogen-bond acceptors (Lipinski definition) is 5. The topological polar surface area (TPSA) is 90.1 Å². The molecule has 14 heteroatoms. The lowest BCUT2D eigenvalue weighted by molar-refractivity contribution is -0.384. The molecule has 3 aromatic rings. The van der Waals surface area contributed by atoms with Crippen LogP contribution in [0.3, 0.4) is 0 Å². The lowest BCUT2D eigenvalue weighted by Crippen LogP contribution is -2.29. The van der Waals surface area contributed by atoms with Gasteiger partial charge in [-0.3, -0.25) is 19.5 Å². The van der Waals surface area contributed by atoms with Gasteiger partial charge in [-0.1, -0.05) is 41.9 Å². The first-order valence-electron chi connectivity index (χ1n) is 8.83. The summed E-state index contributed by atoms with van der Waals surface area (Å²) < 4.78 is 79.5. The summed E-state index contributed by atoms with van der Waals surface area (Å²) in [5.74, 6) is -0.802. The van der Waals surface area contributed by atoms with E-state index in [9.17, 15) is 41.3 Å². The van der Waals surface area contributed by atoms with Gasteiger partial charge in [0.15, 0.2) is 5.69 Å². The molecule has 0 amide bonds. The van der Waals surface area contributed by atoms with Crippen molar-refractivity contribution in [3.8, 4) is 0 Å². The monoisotopic (exact) mass is 492 g/mol. The highest BCUT2D eigenvalue weighted by atomic mass is 35.5. The fourth-order valence-electron chi connectivity index (χ4n) is 2.81. The first kappa shape index (κ1) is 24.0. The molecule has 7 nitrogen and oxygen atoms in total. The van der Waals surface area contributed by atoms with Crippen molar-refractivity contribution < 1.29 is 31.3 Å². The highest BCUT2D eigenvalue weighted by Gasteiger charge is 2.38. The molecule has 3 rings (SSSR count). The minimum absolute atomic E-state index is 0.211. The molecule has 0 saturated carbocycles. The molecule has 0 atom stereocenters. The van der Waals surface area contributed by atoms with Crippen LogP contribution < -0.4 is 10.9 Å². The number of nitrogens with zero attached hydrogens (tertiary/aromatic N) is 3. The number of anilines is 2. The van der Waals surface area contributed by atoms with Crippen molar-refractivity contribution in [2.24, 2.45) is 0 Å². The molecule has 0 aliphatic rings. The third-order valence-corrected chi connectivity index (χ3v) is 4.68. The van der Waals surface area contributed by atoms with Gasteiger partial charge in [0.1, 0.15) is 10.7 Å². The second-order valence-corrected chi connectivity index (χ2v) is 6.96. The van der Waals surface area contributed by atoms with Crippen LogP contribution in [0.1, 0.15) is 16.8 Å². The van der Waals surface area contributed by atoms with Gasteiger partial charge in [0.25, 0.3) is 11.2 Å². The van der Waals surface area contributed by atoms with Gasteiger partial charge >= 0.3 is 12.4 Å². The molecule has 0 spiro atoms. The van der Waals surface area contributed by atoms with Crippen molar-refractivity contribution in [1.82, 2.24) is 9.55 Å². The molecule has 0 fully saturated rings. The largest absolute Gasteiger partial charge is 0.435 e. The van der Waals surface area contributed by atoms with E-state index in [0.29, 0.717) is 22.3 Å². The van der Waals surface area contributed by atoms with E-state index < -0.39 is 56.4 Å². The molecular weight excluding hydrogens is 482 g/mol. The zero-order valence-corrected chi connectivity index (χ0v) is 16.8. The van der Waals surface area contributed by atoms with Crippen molar-refractivity contribution >= 4 is 28.9 Å². The van der Waals surface area contributed by atoms with E-state index in [-0.39, 0.29) is 12.6 Å². The standard InChI is InChI=1S/C19H11ClF6N4O3/c20-14-15(19(24,25)26)28-17(29(16(14)31)9-10-4-2-1-3-5-10)27-12-7-6-11(18(21,22)23)8-13(12)30(32)33/h1-8H,9H2,(H,27,28). The summed E-state index contributed by atoms with van der Waals surface area (Å²) >= 11 is 5.60. The summed E-state index contributed by atoms with van der Waals surface area (Å²) in [5, 5.41) is 12.3. The minimum atomic E-state index is -5.15. The van der Waals surface area contributed by atoms with Crippen LogP contribution in [0.2, 0.25) is 5.02 Å². The molecule has 1 N–H and O–H groups in total. The van der Waals surface area contributed by atoms with Gasteiger partial charge in [0.2, 0.25) is 5.95 Å². The summed E-state index contributed by atoms with van der Waals surface area (Å²) in [7, 11) is 0. The minimum Gasteiger partial charge on any atom is -0.320 e. The molecule has 0 saturated heterocycles. The third-order valence-electron chi connectivity index (χ3n) is 4.33. The van der Waals surface area contributed by atoms with Gasteiger partial charge < -0.3 is 5.32 Å². The molecule has 0 radical (unpaired) electrons. The third kappa shape index (κ3) is 5.25. The lowest BCUT2D eigenvalue weighted by atomic mass is 10.1. The van der Waals surface area contributed by atoms with Gasteiger partial charge in [-0.2, -0.15) is 26.3 Å². The van der Waals surface area contributed by atoms with E-state index in [2.05, 4.69) is 10.3 Å². The van der Waals surface area contributed by atoms with Crippen LogP contribution in [0.15, 0.2) is 53.3 Å². The summed E-state index contributed by atoms with van der Waals surface area (Å²) in [6.07, 6.45) is -10.1. The fourth-order valence-corrected chi connectivity index (χ4v) is 3.06. The predicted molar refractivity (Wildman–Crippen MR) is 105 cm³/mol. The van der Waals surface area contributed by atoms with E-state index in [4.69, 9.17) is 11.6 Å². The molecule has 174 valence electrons. The van der Waals surface area contributed by atoms with Gasteiger partial charge in [0.05, 0.1) is 17.0 Å². The first-order valence-corrected chi connectivity index (χ1v) is 9.21. The number of hydrogen-bond donors (Lipinski definition) is 1. The average molecular weight is 493 g/mol. The quantitative estimate of drug-likeness (QED) is 0.283. The van der Waals surface area contributed by atoms with E-state index in [1.807, 2.05) is 0 Å². The van der Waals surface area contributed by atoms with Gasteiger partial charge in [-0.25, -0.2) is 4.98 Å². The van der Waals surface area contributed by atoms with Gasteiger partial charge in [0, 0.05) is 6.07 Å². The summed E-state index contributed by atoms with van der Waals surface area (Å²) in [4.78, 5) is 26.1. The van der Waals surface area contributed by atoms with E-state index >= 15 is 0 Å². The van der Waals surface area contributed by atoms with Crippen LogP contribution >= 0.6 is 11.6 Å². The van der Waals surface area contributed by atoms with Gasteiger partial charge in [-0.15, -0.1) is 0 Å². The molecule has 0 bridgehead atoms. The Morgan fingerprint density at radius 1 is 1.03 bits per heavy atom. The Labute approximate surface area is 185 Å². The Balaban J connectivity index is 2.20. The van der Waals surface area contributed by atoms with Crippen LogP contribution in [0.4, 0.5) is 43.7 Å². The normalized spacial score (nSPS) is 12.0. The molecule has 1 aromatic heterocycles. The Kier molecular flexibility index (Phi) is 6.36. The molecule has 33 heavy (non-hydrogen) atoms. The van der Waals surface area contributed by atoms with Crippen molar-refractivity contribution in [3.05, 3.63) is 90.8 Å². The SMILES string of the molecule is O=c1c(Cl)c(C(F)(F)F)nc(Nc2ccc(C(F)(F)F)cc2[N+](=O)[O-])n1Cc1ccccc1. The Morgan fingerprint density at radius 3 is 2.21 bits per heavy atom. The first-order chi connectivity index (χ1) is 15.3. The second-order valence-electron chi connectivity index (χ2n) is 6.58. The number of nitro benzene ring substituents is 1. The van der Waals surface area contributed by atoms with Gasteiger partial charge in [-0.05, 0) is 17.7 Å². The smallest absolute Gasteiger partial charge is 0.320 e. The van der Waals surface area contributed by atoms with Crippen molar-refractivity contribution in [3.63, 3.8) is 0 Å². The lowest BCUT2D eigenvalue weighted by Gasteiger charge is -2.17. The number of benzene rings is 2. The molecule has 0 aliphatic carbocycles. The zero-order chi connectivity index (χ0) is 24.6. The number of nitrogens with one attached hydrogen (secondary N) is 1. The average Bonchev–Trinajstić information content (AvgIpc) is 2.72. The Morgan fingerprint density at radius 2 is 1.67 bits per heavy atom. The van der Waals surface area contributed by atoms with Crippen molar-refractivity contribution in [1.29, 1.82) is 0 Å². The van der Waals surface area contributed by atoms with E-state index in [0.717, 1.165) is 0 Å². The highest BCUT2D eigenvalue weighted by molar-refractivity contribution is 6.31. The van der Waals surface area contributed by atoms with Crippen LogP contribution in [-0.2, 0) is 18.9 Å². The number of alkyl halides is 6. The number of nitro groups is 1. The molecule has 1 heterocycles. The summed E-state index contributed by atoms with van der Waals surface area (Å²) in [5.41, 5.74) is -5.66. The summed E-state index contributed by atoms with van der Waals surface area (Å²) in [6, 6.07) is 9.28.